The maximum absolute atomic E-state index is 11.4. The Hall–Kier alpha value is -2.42. The highest BCUT2D eigenvalue weighted by Gasteiger charge is 2.46. The lowest BCUT2D eigenvalue weighted by Crippen LogP contribution is -2.58. The quantitative estimate of drug-likeness (QED) is 0.169. The molecule has 0 radical (unpaired) electrons. The average Bonchev–Trinajstić information content (AvgIpc) is 2.78. The van der Waals surface area contributed by atoms with Crippen molar-refractivity contribution in [3.8, 4) is 0 Å². The fraction of sp³-hybridized carbons (Fsp3) is 0.409. The molecule has 9 heteroatoms. The summed E-state index contributed by atoms with van der Waals surface area (Å²) >= 11 is 3.43. The molecule has 2 aromatic carbocycles. The lowest BCUT2D eigenvalue weighted by molar-refractivity contribution is -0.209. The molecule has 5 atom stereocenters. The Morgan fingerprint density at radius 3 is 2.10 bits per heavy atom. The first-order valence-corrected chi connectivity index (χ1v) is 10.8. The molecule has 0 saturated carbocycles. The van der Waals surface area contributed by atoms with Crippen molar-refractivity contribution in [1.29, 1.82) is 0 Å². The van der Waals surface area contributed by atoms with Crippen LogP contribution in [0.25, 0.3) is 10.4 Å². The second-order valence-corrected chi connectivity index (χ2v) is 7.95. The molecule has 0 aromatic heterocycles. The van der Waals surface area contributed by atoms with Crippen LogP contribution < -0.4 is 0 Å². The summed E-state index contributed by atoms with van der Waals surface area (Å²) < 4.78 is 23.5. The molecule has 1 aliphatic heterocycles. The fourth-order valence-electron chi connectivity index (χ4n) is 3.32. The molecule has 1 heterocycles. The Bertz CT molecular complexity index is 879. The first kappa shape index (κ1) is 23.2. The van der Waals surface area contributed by atoms with Gasteiger partial charge in [0.1, 0.15) is 29.9 Å². The molecule has 0 amide bonds. The van der Waals surface area contributed by atoms with E-state index in [1.54, 1.807) is 0 Å². The van der Waals surface area contributed by atoms with Crippen LogP contribution >= 0.6 is 15.9 Å². The molecule has 31 heavy (non-hydrogen) atoms. The van der Waals surface area contributed by atoms with E-state index in [0.29, 0.717) is 13.2 Å². The molecule has 0 unspecified atom stereocenters. The molecule has 1 fully saturated rings. The SMILES string of the molecule is CC(=O)OC[C@H]1O[C@H](Br)[C@H](N=[N+]=[N-])[C@@H](OCc2ccccc2)[C@@H]1OCc1ccccc1. The summed E-state index contributed by atoms with van der Waals surface area (Å²) in [6.45, 7) is 1.92. The normalized spacial score (nSPS) is 25.4. The summed E-state index contributed by atoms with van der Waals surface area (Å²) in [6, 6.07) is 18.7. The lowest BCUT2D eigenvalue weighted by atomic mass is 9.98. The van der Waals surface area contributed by atoms with Crippen LogP contribution in [-0.4, -0.2) is 41.9 Å². The average molecular weight is 490 g/mol. The third-order valence-electron chi connectivity index (χ3n) is 4.81. The van der Waals surface area contributed by atoms with Gasteiger partial charge in [-0.25, -0.2) is 0 Å². The Morgan fingerprint density at radius 2 is 1.58 bits per heavy atom. The van der Waals surface area contributed by atoms with Crippen molar-refractivity contribution in [3.63, 3.8) is 0 Å². The van der Waals surface area contributed by atoms with Gasteiger partial charge in [-0.1, -0.05) is 81.7 Å². The number of carbonyl (C=O) groups is 1. The van der Waals surface area contributed by atoms with Crippen molar-refractivity contribution < 1.29 is 23.7 Å². The van der Waals surface area contributed by atoms with Gasteiger partial charge in [0.2, 0.25) is 0 Å². The van der Waals surface area contributed by atoms with E-state index in [1.807, 2.05) is 60.7 Å². The van der Waals surface area contributed by atoms with Crippen molar-refractivity contribution in [2.45, 2.75) is 49.5 Å². The zero-order valence-electron chi connectivity index (χ0n) is 17.0. The minimum Gasteiger partial charge on any atom is -0.463 e. The van der Waals surface area contributed by atoms with E-state index in [2.05, 4.69) is 26.0 Å². The highest BCUT2D eigenvalue weighted by atomic mass is 79.9. The van der Waals surface area contributed by atoms with Gasteiger partial charge in [0.05, 0.1) is 19.3 Å². The van der Waals surface area contributed by atoms with Gasteiger partial charge in [-0.15, -0.1) is 0 Å². The predicted molar refractivity (Wildman–Crippen MR) is 117 cm³/mol. The number of halogens is 1. The Balaban J connectivity index is 1.83. The number of azide groups is 1. The van der Waals surface area contributed by atoms with Crippen LogP contribution in [0, 0.1) is 0 Å². The minimum absolute atomic E-state index is 0.00885. The molecule has 8 nitrogen and oxygen atoms in total. The van der Waals surface area contributed by atoms with Crippen LogP contribution in [0.3, 0.4) is 0 Å². The zero-order chi connectivity index (χ0) is 22.1. The number of rotatable bonds is 9. The molecule has 0 N–H and O–H groups in total. The zero-order valence-corrected chi connectivity index (χ0v) is 18.6. The van der Waals surface area contributed by atoms with Crippen molar-refractivity contribution in [2.24, 2.45) is 5.11 Å². The topological polar surface area (TPSA) is 103 Å². The Kier molecular flexibility index (Phi) is 8.87. The van der Waals surface area contributed by atoms with E-state index < -0.39 is 35.3 Å². The summed E-state index contributed by atoms with van der Waals surface area (Å²) in [7, 11) is 0. The highest BCUT2D eigenvalue weighted by Crippen LogP contribution is 2.32. The van der Waals surface area contributed by atoms with E-state index in [4.69, 9.17) is 24.5 Å². The van der Waals surface area contributed by atoms with Gasteiger partial charge in [-0.05, 0) is 16.7 Å². The first-order chi connectivity index (χ1) is 15.1. The summed E-state index contributed by atoms with van der Waals surface area (Å²) in [6.07, 6.45) is -1.87. The van der Waals surface area contributed by atoms with Gasteiger partial charge >= 0.3 is 5.97 Å². The summed E-state index contributed by atoms with van der Waals surface area (Å²) in [5, 5.41) is 3.27. The van der Waals surface area contributed by atoms with E-state index in [-0.39, 0.29) is 6.61 Å². The summed E-state index contributed by atoms with van der Waals surface area (Å²) in [4.78, 5) is 14.3. The number of nitrogens with zero attached hydrogens (tertiary/aromatic N) is 3. The maximum Gasteiger partial charge on any atom is 0.302 e. The molecule has 0 aliphatic carbocycles. The van der Waals surface area contributed by atoms with Crippen molar-refractivity contribution >= 4 is 21.9 Å². The van der Waals surface area contributed by atoms with Crippen LogP contribution in [-0.2, 0) is 37.0 Å². The molecule has 0 spiro atoms. The molecule has 1 aliphatic rings. The largest absolute Gasteiger partial charge is 0.463 e. The summed E-state index contributed by atoms with van der Waals surface area (Å²) in [5.41, 5.74) is 11.0. The lowest BCUT2D eigenvalue weighted by Gasteiger charge is -2.43. The first-order valence-electron chi connectivity index (χ1n) is 9.86. The second kappa shape index (κ2) is 11.8. The molecule has 3 rings (SSSR count). The third kappa shape index (κ3) is 6.78. The minimum atomic E-state index is -0.678. The standard InChI is InChI=1S/C22H24BrN3O5/c1-15(27)28-14-18-20(29-12-16-8-4-2-5-9-16)21(19(25-26-24)22(23)31-18)30-13-17-10-6-3-7-11-17/h2-11,18-22H,12-14H2,1H3/t18-,19-,20-,21-,22+/m1/s1. The van der Waals surface area contributed by atoms with E-state index in [0.717, 1.165) is 11.1 Å². The number of carbonyl (C=O) groups excluding carboxylic acids is 1. The number of ether oxygens (including phenoxy) is 4. The number of benzene rings is 2. The monoisotopic (exact) mass is 489 g/mol. The van der Waals surface area contributed by atoms with Crippen LogP contribution in [0.1, 0.15) is 18.1 Å². The molecule has 2 aromatic rings. The number of hydrogen-bond donors (Lipinski definition) is 0. The second-order valence-electron chi connectivity index (χ2n) is 7.05. The van der Waals surface area contributed by atoms with Crippen LogP contribution in [0.5, 0.6) is 0 Å². The summed E-state index contributed by atoms with van der Waals surface area (Å²) in [5.74, 6) is -0.421. The molecule has 164 valence electrons. The molecular formula is C22H24BrN3O5. The maximum atomic E-state index is 11.4. The van der Waals surface area contributed by atoms with Crippen molar-refractivity contribution in [2.75, 3.05) is 6.61 Å². The third-order valence-corrected chi connectivity index (χ3v) is 5.56. The molecular weight excluding hydrogens is 466 g/mol. The van der Waals surface area contributed by atoms with Gasteiger partial charge in [0, 0.05) is 11.8 Å². The Morgan fingerprint density at radius 1 is 1.03 bits per heavy atom. The number of alkyl halides is 1. The van der Waals surface area contributed by atoms with Crippen LogP contribution in [0.4, 0.5) is 0 Å². The van der Waals surface area contributed by atoms with Gasteiger partial charge in [0.15, 0.2) is 0 Å². The van der Waals surface area contributed by atoms with Gasteiger partial charge in [-0.2, -0.15) is 0 Å². The van der Waals surface area contributed by atoms with E-state index in [1.165, 1.54) is 6.92 Å². The van der Waals surface area contributed by atoms with Crippen molar-refractivity contribution in [1.82, 2.24) is 0 Å². The van der Waals surface area contributed by atoms with Crippen LogP contribution in [0.15, 0.2) is 65.8 Å². The van der Waals surface area contributed by atoms with Gasteiger partial charge < -0.3 is 18.9 Å². The predicted octanol–water partition coefficient (Wildman–Crippen LogP) is 4.52. The van der Waals surface area contributed by atoms with E-state index in [9.17, 15) is 4.79 Å². The molecule has 1 saturated heterocycles. The Labute approximate surface area is 189 Å². The fourth-order valence-corrected chi connectivity index (χ4v) is 4.00. The number of hydrogen-bond acceptors (Lipinski definition) is 6. The van der Waals surface area contributed by atoms with Crippen molar-refractivity contribution in [3.05, 3.63) is 82.2 Å². The highest BCUT2D eigenvalue weighted by molar-refractivity contribution is 9.09. The van der Waals surface area contributed by atoms with E-state index >= 15 is 0 Å². The van der Waals surface area contributed by atoms with Gasteiger partial charge in [-0.3, -0.25) is 4.79 Å². The smallest absolute Gasteiger partial charge is 0.302 e. The number of esters is 1. The van der Waals surface area contributed by atoms with Crippen LogP contribution in [0.2, 0.25) is 0 Å². The van der Waals surface area contributed by atoms with Gasteiger partial charge in [0.25, 0.3) is 0 Å². The molecule has 0 bridgehead atoms.